The highest BCUT2D eigenvalue weighted by Gasteiger charge is 2.35. The van der Waals surface area contributed by atoms with Gasteiger partial charge in [-0.25, -0.2) is 9.59 Å². The predicted molar refractivity (Wildman–Crippen MR) is 47.6 cm³/mol. The quantitative estimate of drug-likeness (QED) is 0.669. The third-order valence-corrected chi connectivity index (χ3v) is 2.70. The van der Waals surface area contributed by atoms with Crippen LogP contribution in [0, 0.1) is 0 Å². The molecule has 5 nitrogen and oxygen atoms in total. The molecule has 0 bridgehead atoms. The van der Waals surface area contributed by atoms with Crippen LogP contribution in [0.1, 0.15) is 6.92 Å². The van der Waals surface area contributed by atoms with Crippen molar-refractivity contribution in [3.63, 3.8) is 0 Å². The van der Waals surface area contributed by atoms with Crippen LogP contribution in [0.15, 0.2) is 0 Å². The normalized spacial score (nSPS) is 21.6. The Morgan fingerprint density at radius 3 is 2.92 bits per heavy atom. The number of carbonyl (C=O) groups is 2. The van der Waals surface area contributed by atoms with Gasteiger partial charge in [-0.1, -0.05) is 0 Å². The fourth-order valence-corrected chi connectivity index (χ4v) is 2.20. The number of nitrogens with zero attached hydrogens (tertiary/aromatic N) is 1. The van der Waals surface area contributed by atoms with Crippen LogP contribution < -0.4 is 0 Å². The lowest BCUT2D eigenvalue weighted by molar-refractivity contribution is -0.147. The molecular weight excluding hydrogens is 194 g/mol. The molecule has 0 saturated carbocycles. The summed E-state index contributed by atoms with van der Waals surface area (Å²) in [5.41, 5.74) is 0. The van der Waals surface area contributed by atoms with Crippen molar-refractivity contribution in [2.24, 2.45) is 0 Å². The van der Waals surface area contributed by atoms with E-state index in [1.165, 1.54) is 11.8 Å². The van der Waals surface area contributed by atoms with Crippen LogP contribution in [0.5, 0.6) is 0 Å². The molecule has 1 fully saturated rings. The van der Waals surface area contributed by atoms with Gasteiger partial charge in [0.2, 0.25) is 0 Å². The molecule has 74 valence electrons. The van der Waals surface area contributed by atoms with Crippen molar-refractivity contribution in [1.29, 1.82) is 0 Å². The third kappa shape index (κ3) is 2.27. The second-order valence-corrected chi connectivity index (χ2v) is 3.52. The minimum absolute atomic E-state index is 0.285. The summed E-state index contributed by atoms with van der Waals surface area (Å²) in [5, 5.41) is 8.71. The fraction of sp³-hybridized carbons (Fsp3) is 0.714. The fourth-order valence-electron chi connectivity index (χ4n) is 1.06. The smallest absolute Gasteiger partial charge is 0.408 e. The van der Waals surface area contributed by atoms with Crippen molar-refractivity contribution in [3.05, 3.63) is 0 Å². The highest BCUT2D eigenvalue weighted by Crippen LogP contribution is 2.21. The predicted octanol–water partition coefficient (Wildman–Crippen LogP) is 0.602. The highest BCUT2D eigenvalue weighted by molar-refractivity contribution is 7.99. The lowest BCUT2D eigenvalue weighted by Gasteiger charge is -2.18. The minimum atomic E-state index is -1.07. The molecule has 1 rings (SSSR count). The first kappa shape index (κ1) is 10.2. The van der Waals surface area contributed by atoms with Gasteiger partial charge in [-0.3, -0.25) is 4.90 Å². The van der Waals surface area contributed by atoms with E-state index in [0.717, 1.165) is 4.90 Å². The summed E-state index contributed by atoms with van der Waals surface area (Å²) >= 11 is 1.42. The van der Waals surface area contributed by atoms with E-state index < -0.39 is 18.1 Å². The van der Waals surface area contributed by atoms with E-state index >= 15 is 0 Å². The van der Waals surface area contributed by atoms with Gasteiger partial charge in [-0.15, -0.1) is 11.8 Å². The summed E-state index contributed by atoms with van der Waals surface area (Å²) in [7, 11) is 0. The standard InChI is InChI=1S/C7H11NO4S/c1-2-12-6(9)5-3-13-4-8(5)7(10)11/h5H,2-4H2,1H3,(H,10,11). The number of hydrogen-bond donors (Lipinski definition) is 1. The van der Waals surface area contributed by atoms with E-state index in [4.69, 9.17) is 9.84 Å². The van der Waals surface area contributed by atoms with Crippen LogP contribution in [0.25, 0.3) is 0 Å². The molecule has 1 amide bonds. The Labute approximate surface area is 80.0 Å². The monoisotopic (exact) mass is 205 g/mol. The molecule has 1 aliphatic rings. The first-order valence-corrected chi connectivity index (χ1v) is 5.06. The molecule has 13 heavy (non-hydrogen) atoms. The van der Waals surface area contributed by atoms with Crippen LogP contribution in [0.4, 0.5) is 4.79 Å². The molecule has 1 unspecified atom stereocenters. The largest absolute Gasteiger partial charge is 0.465 e. The number of rotatable bonds is 2. The minimum Gasteiger partial charge on any atom is -0.465 e. The third-order valence-electron chi connectivity index (χ3n) is 1.69. The van der Waals surface area contributed by atoms with Crippen molar-refractivity contribution >= 4 is 23.8 Å². The Morgan fingerprint density at radius 2 is 2.38 bits per heavy atom. The Balaban J connectivity index is 2.57. The van der Waals surface area contributed by atoms with Gasteiger partial charge in [0.1, 0.15) is 6.04 Å². The van der Waals surface area contributed by atoms with Gasteiger partial charge >= 0.3 is 12.1 Å². The van der Waals surface area contributed by atoms with E-state index in [-0.39, 0.29) is 6.61 Å². The van der Waals surface area contributed by atoms with Gasteiger partial charge in [0.15, 0.2) is 0 Å². The lowest BCUT2D eigenvalue weighted by atomic mass is 10.3. The highest BCUT2D eigenvalue weighted by atomic mass is 32.2. The molecule has 0 aromatic carbocycles. The molecule has 1 saturated heterocycles. The van der Waals surface area contributed by atoms with Crippen molar-refractivity contribution in [1.82, 2.24) is 4.90 Å². The zero-order chi connectivity index (χ0) is 9.84. The molecule has 0 aliphatic carbocycles. The van der Waals surface area contributed by atoms with Gasteiger partial charge in [-0.2, -0.15) is 0 Å². The molecule has 0 radical (unpaired) electrons. The van der Waals surface area contributed by atoms with Gasteiger partial charge in [0.05, 0.1) is 12.5 Å². The average molecular weight is 205 g/mol. The maximum Gasteiger partial charge on any atom is 0.408 e. The van der Waals surface area contributed by atoms with E-state index in [2.05, 4.69) is 0 Å². The van der Waals surface area contributed by atoms with E-state index in [1.54, 1.807) is 6.92 Å². The second-order valence-electron chi connectivity index (χ2n) is 2.52. The van der Waals surface area contributed by atoms with E-state index in [9.17, 15) is 9.59 Å². The number of thioether (sulfide) groups is 1. The molecule has 1 atom stereocenters. The van der Waals surface area contributed by atoms with Crippen LogP contribution in [0.2, 0.25) is 0 Å². The zero-order valence-corrected chi connectivity index (χ0v) is 8.04. The number of hydrogen-bond acceptors (Lipinski definition) is 4. The number of carbonyl (C=O) groups excluding carboxylic acids is 1. The van der Waals surface area contributed by atoms with E-state index in [0.29, 0.717) is 11.6 Å². The van der Waals surface area contributed by atoms with Gasteiger partial charge in [0.25, 0.3) is 0 Å². The Morgan fingerprint density at radius 1 is 1.69 bits per heavy atom. The maximum atomic E-state index is 11.2. The Kier molecular flexibility index (Phi) is 3.41. The number of carboxylic acid groups (broad SMARTS) is 1. The van der Waals surface area contributed by atoms with Crippen molar-refractivity contribution in [2.45, 2.75) is 13.0 Å². The van der Waals surface area contributed by atoms with E-state index in [1.807, 2.05) is 0 Å². The van der Waals surface area contributed by atoms with Crippen LogP contribution in [-0.4, -0.2) is 46.3 Å². The molecule has 1 heterocycles. The van der Waals surface area contributed by atoms with Gasteiger partial charge < -0.3 is 9.84 Å². The van der Waals surface area contributed by atoms with Gasteiger partial charge in [-0.05, 0) is 6.92 Å². The number of amides is 1. The summed E-state index contributed by atoms with van der Waals surface area (Å²) < 4.78 is 4.75. The molecule has 1 aliphatic heterocycles. The summed E-state index contributed by atoms with van der Waals surface area (Å²) in [6.07, 6.45) is -1.07. The summed E-state index contributed by atoms with van der Waals surface area (Å²) in [5.74, 6) is 0.388. The Bertz CT molecular complexity index is 221. The van der Waals surface area contributed by atoms with Crippen molar-refractivity contribution in [3.8, 4) is 0 Å². The average Bonchev–Trinajstić information content (AvgIpc) is 2.52. The SMILES string of the molecule is CCOC(=O)C1CSCN1C(=O)O. The molecule has 6 heteroatoms. The molecule has 0 aromatic rings. The maximum absolute atomic E-state index is 11.2. The first-order valence-electron chi connectivity index (χ1n) is 3.90. The summed E-state index contributed by atoms with van der Waals surface area (Å²) in [6.45, 7) is 1.98. The summed E-state index contributed by atoms with van der Waals surface area (Å²) in [4.78, 5) is 22.9. The second kappa shape index (κ2) is 4.36. The summed E-state index contributed by atoms with van der Waals surface area (Å²) in [6, 6.07) is -0.623. The number of esters is 1. The van der Waals surface area contributed by atoms with Gasteiger partial charge in [0, 0.05) is 5.75 Å². The zero-order valence-electron chi connectivity index (χ0n) is 7.23. The van der Waals surface area contributed by atoms with Crippen LogP contribution in [0.3, 0.4) is 0 Å². The van der Waals surface area contributed by atoms with Crippen LogP contribution in [-0.2, 0) is 9.53 Å². The molecular formula is C7H11NO4S. The first-order chi connectivity index (χ1) is 6.16. The topological polar surface area (TPSA) is 66.8 Å². The number of ether oxygens (including phenoxy) is 1. The molecule has 1 N–H and O–H groups in total. The Hall–Kier alpha value is -0.910. The lowest BCUT2D eigenvalue weighted by Crippen LogP contribution is -2.41. The van der Waals surface area contributed by atoms with Crippen molar-refractivity contribution < 1.29 is 19.4 Å². The van der Waals surface area contributed by atoms with Crippen LogP contribution >= 0.6 is 11.8 Å². The van der Waals surface area contributed by atoms with Crippen molar-refractivity contribution in [2.75, 3.05) is 18.2 Å². The molecule has 0 spiro atoms. The molecule has 0 aromatic heterocycles.